The minimum absolute atomic E-state index is 0.0204. The Morgan fingerprint density at radius 3 is 2.68 bits per heavy atom. The Morgan fingerprint density at radius 2 is 2.08 bits per heavy atom. The molecular weight excluding hydrogens is 328 g/mol. The minimum atomic E-state index is -0.554. The summed E-state index contributed by atoms with van der Waals surface area (Å²) in [6, 6.07) is 0. The maximum atomic E-state index is 11.4. The van der Waals surface area contributed by atoms with Gasteiger partial charge in [0.15, 0.2) is 0 Å². The summed E-state index contributed by atoms with van der Waals surface area (Å²) >= 11 is 0. The number of hydrogen-bond donors (Lipinski definition) is 2. The average molecular weight is 352 g/mol. The van der Waals surface area contributed by atoms with Gasteiger partial charge in [0, 0.05) is 26.2 Å². The number of anilines is 3. The van der Waals surface area contributed by atoms with E-state index in [9.17, 15) is 10.1 Å². The fourth-order valence-electron chi connectivity index (χ4n) is 3.26. The van der Waals surface area contributed by atoms with Crippen LogP contribution in [0.4, 0.5) is 23.3 Å². The second-order valence-corrected chi connectivity index (χ2v) is 6.54. The first-order chi connectivity index (χ1) is 11.9. The topological polar surface area (TPSA) is 129 Å². The average Bonchev–Trinajstić information content (AvgIpc) is 3.04. The summed E-state index contributed by atoms with van der Waals surface area (Å²) in [5.41, 5.74) is 5.57. The van der Waals surface area contributed by atoms with Crippen molar-refractivity contribution in [3.05, 3.63) is 10.1 Å². The molecule has 3 N–H and O–H groups in total. The number of rotatable bonds is 5. The molecule has 10 heteroatoms. The van der Waals surface area contributed by atoms with Crippen molar-refractivity contribution in [1.82, 2.24) is 9.97 Å². The molecule has 0 amide bonds. The lowest BCUT2D eigenvalue weighted by Crippen LogP contribution is -2.46. The fraction of sp³-hybridized carbons (Fsp3) is 0.733. The third-order valence-electron chi connectivity index (χ3n) is 4.31. The van der Waals surface area contributed by atoms with Crippen molar-refractivity contribution in [2.45, 2.75) is 45.0 Å². The van der Waals surface area contributed by atoms with Crippen molar-refractivity contribution in [1.29, 1.82) is 0 Å². The van der Waals surface area contributed by atoms with Gasteiger partial charge in [0.1, 0.15) is 0 Å². The maximum absolute atomic E-state index is 11.4. The highest BCUT2D eigenvalue weighted by molar-refractivity contribution is 5.70. The third kappa shape index (κ3) is 4.07. The molecule has 2 aliphatic heterocycles. The first-order valence-corrected chi connectivity index (χ1v) is 8.51. The monoisotopic (exact) mass is 352 g/mol. The van der Waals surface area contributed by atoms with E-state index in [2.05, 4.69) is 15.3 Å². The van der Waals surface area contributed by atoms with Crippen LogP contribution in [0.15, 0.2) is 0 Å². The molecule has 0 radical (unpaired) electrons. The summed E-state index contributed by atoms with van der Waals surface area (Å²) in [7, 11) is 0. The number of morpholine rings is 1. The number of ether oxygens (including phenoxy) is 2. The van der Waals surface area contributed by atoms with Crippen LogP contribution >= 0.6 is 0 Å². The lowest BCUT2D eigenvalue weighted by molar-refractivity contribution is -0.383. The van der Waals surface area contributed by atoms with E-state index in [0.717, 1.165) is 19.4 Å². The van der Waals surface area contributed by atoms with Crippen molar-refractivity contribution in [2.75, 3.05) is 42.2 Å². The van der Waals surface area contributed by atoms with Gasteiger partial charge in [-0.2, -0.15) is 9.97 Å². The standard InChI is InChI=1S/C15H24N6O4/c1-9-7-20(8-10(2)25-9)15-18-13(16)12(21(22)23)14(19-15)17-6-11-4-3-5-24-11/h9-11H,3-8H2,1-2H3,(H3,16,17,18,19)/t9-,10+,11-/m0/s1. The lowest BCUT2D eigenvalue weighted by atomic mass is 10.2. The predicted octanol–water partition coefficient (Wildman–Crippen LogP) is 1.17. The highest BCUT2D eigenvalue weighted by atomic mass is 16.6. The summed E-state index contributed by atoms with van der Waals surface area (Å²) in [5, 5.41) is 14.4. The lowest BCUT2D eigenvalue weighted by Gasteiger charge is -2.35. The van der Waals surface area contributed by atoms with Gasteiger partial charge in [-0.3, -0.25) is 10.1 Å². The molecule has 1 aromatic rings. The number of hydrogen-bond acceptors (Lipinski definition) is 9. The van der Waals surface area contributed by atoms with E-state index >= 15 is 0 Å². The Kier molecular flexibility index (Phi) is 5.19. The summed E-state index contributed by atoms with van der Waals surface area (Å²) in [5.74, 6) is 0.367. The molecule has 0 unspecified atom stereocenters. The number of nitrogen functional groups attached to an aromatic ring is 1. The molecule has 3 atom stereocenters. The number of aromatic nitrogens is 2. The third-order valence-corrected chi connectivity index (χ3v) is 4.31. The summed E-state index contributed by atoms with van der Waals surface area (Å²) in [4.78, 5) is 21.3. The van der Waals surface area contributed by atoms with E-state index in [1.807, 2.05) is 18.7 Å². The summed E-state index contributed by atoms with van der Waals surface area (Å²) < 4.78 is 11.3. The summed E-state index contributed by atoms with van der Waals surface area (Å²) in [6.45, 7) is 6.31. The zero-order valence-electron chi connectivity index (χ0n) is 14.5. The molecule has 1 aromatic heterocycles. The largest absolute Gasteiger partial charge is 0.378 e. The normalized spacial score (nSPS) is 26.6. The molecule has 3 heterocycles. The van der Waals surface area contributed by atoms with E-state index in [4.69, 9.17) is 15.2 Å². The molecule has 3 rings (SSSR count). The van der Waals surface area contributed by atoms with Gasteiger partial charge >= 0.3 is 5.69 Å². The van der Waals surface area contributed by atoms with E-state index in [1.165, 1.54) is 0 Å². The number of nitro groups is 1. The van der Waals surface area contributed by atoms with Gasteiger partial charge in [-0.15, -0.1) is 0 Å². The molecule has 2 aliphatic rings. The second kappa shape index (κ2) is 7.36. The molecule has 10 nitrogen and oxygen atoms in total. The molecule has 138 valence electrons. The summed E-state index contributed by atoms with van der Waals surface area (Å²) in [6.07, 6.45) is 1.99. The van der Waals surface area contributed by atoms with Crippen LogP contribution in [0, 0.1) is 10.1 Å². The van der Waals surface area contributed by atoms with Crippen LogP contribution in [0.1, 0.15) is 26.7 Å². The van der Waals surface area contributed by atoms with E-state index in [1.54, 1.807) is 0 Å². The molecule has 0 aromatic carbocycles. The highest BCUT2D eigenvalue weighted by Gasteiger charge is 2.29. The quantitative estimate of drug-likeness (QED) is 0.592. The molecule has 0 bridgehead atoms. The van der Waals surface area contributed by atoms with Crippen molar-refractivity contribution in [3.8, 4) is 0 Å². The van der Waals surface area contributed by atoms with Gasteiger partial charge in [-0.1, -0.05) is 0 Å². The minimum Gasteiger partial charge on any atom is -0.378 e. The van der Waals surface area contributed by atoms with Gasteiger partial charge in [0.05, 0.1) is 23.2 Å². The number of nitrogens with one attached hydrogen (secondary N) is 1. The molecule has 0 spiro atoms. The van der Waals surface area contributed by atoms with Gasteiger partial charge in [-0.05, 0) is 26.7 Å². The first kappa shape index (κ1) is 17.6. The van der Waals surface area contributed by atoms with Crippen LogP contribution in [0.3, 0.4) is 0 Å². The zero-order valence-corrected chi connectivity index (χ0v) is 14.5. The Labute approximate surface area is 145 Å². The SMILES string of the molecule is C[C@@H]1CN(c2nc(N)c([N+](=O)[O-])c(NC[C@@H]3CCCO3)n2)C[C@H](C)O1. The smallest absolute Gasteiger partial charge is 0.353 e. The fourth-order valence-corrected chi connectivity index (χ4v) is 3.26. The van der Waals surface area contributed by atoms with Crippen molar-refractivity contribution in [2.24, 2.45) is 0 Å². The Balaban J connectivity index is 1.85. The van der Waals surface area contributed by atoms with Crippen molar-refractivity contribution >= 4 is 23.3 Å². The van der Waals surface area contributed by atoms with Crippen LogP contribution < -0.4 is 16.0 Å². The Hall–Kier alpha value is -2.20. The zero-order chi connectivity index (χ0) is 18.0. The van der Waals surface area contributed by atoms with Gasteiger partial charge in [0.25, 0.3) is 0 Å². The van der Waals surface area contributed by atoms with Crippen LogP contribution in [0.5, 0.6) is 0 Å². The Morgan fingerprint density at radius 1 is 1.36 bits per heavy atom. The van der Waals surface area contributed by atoms with Gasteiger partial charge in [-0.25, -0.2) is 0 Å². The van der Waals surface area contributed by atoms with Crippen LogP contribution in [-0.4, -0.2) is 59.4 Å². The van der Waals surface area contributed by atoms with Crippen LogP contribution in [0.25, 0.3) is 0 Å². The first-order valence-electron chi connectivity index (χ1n) is 8.51. The Bertz CT molecular complexity index is 627. The number of nitrogens with two attached hydrogens (primary N) is 1. The van der Waals surface area contributed by atoms with Crippen molar-refractivity contribution in [3.63, 3.8) is 0 Å². The highest BCUT2D eigenvalue weighted by Crippen LogP contribution is 2.31. The van der Waals surface area contributed by atoms with Crippen LogP contribution in [0.2, 0.25) is 0 Å². The second-order valence-electron chi connectivity index (χ2n) is 6.54. The van der Waals surface area contributed by atoms with E-state index in [-0.39, 0.29) is 35.6 Å². The van der Waals surface area contributed by atoms with Gasteiger partial charge < -0.3 is 25.4 Å². The molecule has 2 saturated heterocycles. The number of nitrogens with zero attached hydrogens (tertiary/aromatic N) is 4. The predicted molar refractivity (Wildman–Crippen MR) is 92.8 cm³/mol. The van der Waals surface area contributed by atoms with Crippen molar-refractivity contribution < 1.29 is 14.4 Å². The molecule has 25 heavy (non-hydrogen) atoms. The molecular formula is C15H24N6O4. The molecule has 0 aliphatic carbocycles. The van der Waals surface area contributed by atoms with E-state index < -0.39 is 4.92 Å². The van der Waals surface area contributed by atoms with Gasteiger partial charge in [0.2, 0.25) is 17.6 Å². The molecule has 2 fully saturated rings. The van der Waals surface area contributed by atoms with Crippen LogP contribution in [-0.2, 0) is 9.47 Å². The molecule has 0 saturated carbocycles. The van der Waals surface area contributed by atoms with E-state index in [0.29, 0.717) is 25.6 Å². The maximum Gasteiger partial charge on any atom is 0.353 e.